The Bertz CT molecular complexity index is 240. The third kappa shape index (κ3) is 5.83. The van der Waals surface area contributed by atoms with Gasteiger partial charge in [0.1, 0.15) is 0 Å². The molecule has 1 heterocycles. The van der Waals surface area contributed by atoms with Crippen molar-refractivity contribution in [1.82, 2.24) is 10.6 Å². The first kappa shape index (κ1) is 15.4. The molecular weight excluding hydrogens is 228 g/mol. The molecule has 1 aliphatic heterocycles. The molecule has 1 saturated heterocycles. The standard InChI is InChI=1S/C14H28N2O2/c1-3-13(17)6-9-16-14(18)10-11(2)12-4-7-15-8-5-12/h11-13,15,17H,3-10H2,1-2H3,(H,16,18). The molecule has 0 aromatic rings. The second kappa shape index (κ2) is 8.48. The molecule has 1 aliphatic rings. The molecule has 3 N–H and O–H groups in total. The van der Waals surface area contributed by atoms with Crippen LogP contribution in [0.15, 0.2) is 0 Å². The van der Waals surface area contributed by atoms with E-state index >= 15 is 0 Å². The van der Waals surface area contributed by atoms with E-state index in [1.165, 1.54) is 12.8 Å². The van der Waals surface area contributed by atoms with Crippen molar-refractivity contribution in [2.45, 2.75) is 52.1 Å². The Morgan fingerprint density at radius 3 is 2.72 bits per heavy atom. The van der Waals surface area contributed by atoms with E-state index in [1.807, 2.05) is 6.92 Å². The SMILES string of the molecule is CCC(O)CCNC(=O)CC(C)C1CCNCC1. The van der Waals surface area contributed by atoms with E-state index in [9.17, 15) is 9.90 Å². The fraction of sp³-hybridized carbons (Fsp3) is 0.929. The molecule has 106 valence electrons. The van der Waals surface area contributed by atoms with Gasteiger partial charge in [0.15, 0.2) is 0 Å². The molecule has 0 radical (unpaired) electrons. The lowest BCUT2D eigenvalue weighted by atomic mass is 9.84. The lowest BCUT2D eigenvalue weighted by Gasteiger charge is -2.27. The van der Waals surface area contributed by atoms with E-state index in [0.717, 1.165) is 19.5 Å². The number of amides is 1. The normalized spacial score (nSPS) is 20.4. The molecule has 0 bridgehead atoms. The topological polar surface area (TPSA) is 61.4 Å². The molecule has 1 fully saturated rings. The summed E-state index contributed by atoms with van der Waals surface area (Å²) >= 11 is 0. The van der Waals surface area contributed by atoms with Crippen LogP contribution in [-0.2, 0) is 4.79 Å². The van der Waals surface area contributed by atoms with E-state index in [2.05, 4.69) is 17.6 Å². The van der Waals surface area contributed by atoms with Gasteiger partial charge in [0.2, 0.25) is 5.91 Å². The van der Waals surface area contributed by atoms with E-state index in [-0.39, 0.29) is 12.0 Å². The van der Waals surface area contributed by atoms with Gasteiger partial charge in [-0.3, -0.25) is 4.79 Å². The minimum absolute atomic E-state index is 0.129. The molecule has 1 rings (SSSR count). The minimum atomic E-state index is -0.285. The van der Waals surface area contributed by atoms with Crippen LogP contribution in [0.25, 0.3) is 0 Å². The van der Waals surface area contributed by atoms with Gasteiger partial charge in [0, 0.05) is 13.0 Å². The highest BCUT2D eigenvalue weighted by atomic mass is 16.3. The average molecular weight is 256 g/mol. The molecule has 0 spiro atoms. The monoisotopic (exact) mass is 256 g/mol. The summed E-state index contributed by atoms with van der Waals surface area (Å²) in [5.74, 6) is 1.27. The predicted molar refractivity (Wildman–Crippen MR) is 73.3 cm³/mol. The number of hydrogen-bond donors (Lipinski definition) is 3. The summed E-state index contributed by atoms with van der Waals surface area (Å²) in [6, 6.07) is 0. The number of carbonyl (C=O) groups is 1. The molecule has 2 unspecified atom stereocenters. The molecule has 0 aromatic carbocycles. The van der Waals surface area contributed by atoms with Gasteiger partial charge in [-0.1, -0.05) is 13.8 Å². The van der Waals surface area contributed by atoms with E-state index in [0.29, 0.717) is 31.2 Å². The van der Waals surface area contributed by atoms with Crippen LogP contribution >= 0.6 is 0 Å². The maximum Gasteiger partial charge on any atom is 0.220 e. The zero-order valence-electron chi connectivity index (χ0n) is 11.7. The highest BCUT2D eigenvalue weighted by Crippen LogP contribution is 2.24. The number of aliphatic hydroxyl groups is 1. The van der Waals surface area contributed by atoms with Crippen LogP contribution in [0.3, 0.4) is 0 Å². The summed E-state index contributed by atoms with van der Waals surface area (Å²) in [7, 11) is 0. The molecule has 0 saturated carbocycles. The van der Waals surface area contributed by atoms with E-state index in [1.54, 1.807) is 0 Å². The highest BCUT2D eigenvalue weighted by Gasteiger charge is 2.21. The van der Waals surface area contributed by atoms with Gasteiger partial charge < -0.3 is 15.7 Å². The van der Waals surface area contributed by atoms with Crippen molar-refractivity contribution < 1.29 is 9.90 Å². The Balaban J connectivity index is 2.14. The Kier molecular flexibility index (Phi) is 7.28. The van der Waals surface area contributed by atoms with Gasteiger partial charge in [0.05, 0.1) is 6.10 Å². The first-order valence-corrected chi connectivity index (χ1v) is 7.29. The number of nitrogens with one attached hydrogen (secondary N) is 2. The van der Waals surface area contributed by atoms with Crippen molar-refractivity contribution in [3.8, 4) is 0 Å². The number of piperidine rings is 1. The fourth-order valence-corrected chi connectivity index (χ4v) is 2.53. The van der Waals surface area contributed by atoms with Crippen molar-refractivity contribution in [3.05, 3.63) is 0 Å². The van der Waals surface area contributed by atoms with Crippen LogP contribution in [-0.4, -0.2) is 36.8 Å². The maximum atomic E-state index is 11.8. The Morgan fingerprint density at radius 1 is 1.44 bits per heavy atom. The molecule has 18 heavy (non-hydrogen) atoms. The van der Waals surface area contributed by atoms with Gasteiger partial charge in [-0.2, -0.15) is 0 Å². The second-order valence-corrected chi connectivity index (χ2v) is 5.47. The highest BCUT2D eigenvalue weighted by molar-refractivity contribution is 5.76. The summed E-state index contributed by atoms with van der Waals surface area (Å²) in [6.45, 7) is 6.88. The first-order valence-electron chi connectivity index (χ1n) is 7.29. The lowest BCUT2D eigenvalue weighted by molar-refractivity contribution is -0.122. The van der Waals surface area contributed by atoms with Crippen molar-refractivity contribution in [1.29, 1.82) is 0 Å². The summed E-state index contributed by atoms with van der Waals surface area (Å²) in [5.41, 5.74) is 0. The number of aliphatic hydroxyl groups excluding tert-OH is 1. The summed E-state index contributed by atoms with van der Waals surface area (Å²) < 4.78 is 0. The van der Waals surface area contributed by atoms with E-state index < -0.39 is 0 Å². The first-order chi connectivity index (χ1) is 8.63. The van der Waals surface area contributed by atoms with Crippen LogP contribution in [0.2, 0.25) is 0 Å². The van der Waals surface area contributed by atoms with Gasteiger partial charge in [-0.15, -0.1) is 0 Å². The molecule has 1 amide bonds. The minimum Gasteiger partial charge on any atom is -0.393 e. The van der Waals surface area contributed by atoms with Gasteiger partial charge >= 0.3 is 0 Å². The molecular formula is C14H28N2O2. The van der Waals surface area contributed by atoms with Crippen LogP contribution < -0.4 is 10.6 Å². The third-order valence-corrected chi connectivity index (χ3v) is 3.97. The van der Waals surface area contributed by atoms with Crippen molar-refractivity contribution in [2.24, 2.45) is 11.8 Å². The molecule has 0 aromatic heterocycles. The lowest BCUT2D eigenvalue weighted by Crippen LogP contribution is -2.34. The zero-order chi connectivity index (χ0) is 13.4. The zero-order valence-corrected chi connectivity index (χ0v) is 11.7. The number of carbonyl (C=O) groups excluding carboxylic acids is 1. The largest absolute Gasteiger partial charge is 0.393 e. The Hall–Kier alpha value is -0.610. The number of rotatable bonds is 7. The Morgan fingerprint density at radius 2 is 2.11 bits per heavy atom. The number of hydrogen-bond acceptors (Lipinski definition) is 3. The third-order valence-electron chi connectivity index (χ3n) is 3.97. The van der Waals surface area contributed by atoms with Crippen molar-refractivity contribution in [2.75, 3.05) is 19.6 Å². The quantitative estimate of drug-likeness (QED) is 0.643. The van der Waals surface area contributed by atoms with E-state index in [4.69, 9.17) is 0 Å². The molecule has 4 heteroatoms. The molecule has 4 nitrogen and oxygen atoms in total. The van der Waals surface area contributed by atoms with Crippen LogP contribution in [0.1, 0.15) is 46.0 Å². The Labute approximate surface area is 111 Å². The summed E-state index contributed by atoms with van der Waals surface area (Å²) in [4.78, 5) is 11.8. The van der Waals surface area contributed by atoms with Crippen LogP contribution in [0, 0.1) is 11.8 Å². The maximum absolute atomic E-state index is 11.8. The smallest absolute Gasteiger partial charge is 0.220 e. The second-order valence-electron chi connectivity index (χ2n) is 5.47. The average Bonchev–Trinajstić information content (AvgIpc) is 2.39. The van der Waals surface area contributed by atoms with Gasteiger partial charge in [-0.25, -0.2) is 0 Å². The summed E-state index contributed by atoms with van der Waals surface area (Å²) in [6.07, 6.45) is 4.11. The molecule has 2 atom stereocenters. The van der Waals surface area contributed by atoms with Crippen LogP contribution in [0.4, 0.5) is 0 Å². The van der Waals surface area contributed by atoms with Gasteiger partial charge in [-0.05, 0) is 50.6 Å². The predicted octanol–water partition coefficient (Wildman–Crippen LogP) is 1.29. The van der Waals surface area contributed by atoms with Gasteiger partial charge in [0.25, 0.3) is 0 Å². The summed E-state index contributed by atoms with van der Waals surface area (Å²) in [5, 5.41) is 15.6. The van der Waals surface area contributed by atoms with Crippen molar-refractivity contribution in [3.63, 3.8) is 0 Å². The van der Waals surface area contributed by atoms with Crippen LogP contribution in [0.5, 0.6) is 0 Å². The fourth-order valence-electron chi connectivity index (χ4n) is 2.53. The van der Waals surface area contributed by atoms with Crippen molar-refractivity contribution >= 4 is 5.91 Å². The molecule has 0 aliphatic carbocycles.